The van der Waals surface area contributed by atoms with Gasteiger partial charge in [0.05, 0.1) is 10.6 Å². The molecule has 13 heavy (non-hydrogen) atoms. The van der Waals surface area contributed by atoms with Gasteiger partial charge >= 0.3 is 0 Å². The molecule has 2 N–H and O–H groups in total. The highest BCUT2D eigenvalue weighted by Gasteiger charge is 2.00. The molecule has 0 aliphatic rings. The molecule has 0 aliphatic heterocycles. The summed E-state index contributed by atoms with van der Waals surface area (Å²) in [5, 5.41) is 12.0. The predicted molar refractivity (Wildman–Crippen MR) is 54.3 cm³/mol. The van der Waals surface area contributed by atoms with Crippen LogP contribution in [0.3, 0.4) is 0 Å². The van der Waals surface area contributed by atoms with Gasteiger partial charge < -0.3 is 10.4 Å². The molecule has 2 nitrogen and oxygen atoms in total. The van der Waals surface area contributed by atoms with Crippen molar-refractivity contribution in [2.45, 2.75) is 13.0 Å². The normalized spacial score (nSPS) is 12.6. The van der Waals surface area contributed by atoms with E-state index < -0.39 is 6.10 Å². The number of aliphatic hydroxyl groups excluding tert-OH is 1. The number of hydrogen-bond acceptors (Lipinski definition) is 2. The lowest BCUT2D eigenvalue weighted by Crippen LogP contribution is -2.15. The lowest BCUT2D eigenvalue weighted by Gasteiger charge is -2.08. The minimum Gasteiger partial charge on any atom is -0.392 e. The Kier molecular flexibility index (Phi) is 3.69. The van der Waals surface area contributed by atoms with Gasteiger partial charge in [0.1, 0.15) is 5.82 Å². The largest absolute Gasteiger partial charge is 0.392 e. The van der Waals surface area contributed by atoms with Crippen LogP contribution in [0.25, 0.3) is 0 Å². The number of aliphatic hydroxyl groups is 1. The molecule has 0 aliphatic carbocycles. The van der Waals surface area contributed by atoms with Crippen molar-refractivity contribution in [3.05, 3.63) is 28.5 Å². The SMILES string of the molecule is CC(O)CNc1ccc(F)c(Br)c1. The molecule has 0 amide bonds. The smallest absolute Gasteiger partial charge is 0.137 e. The Labute approximate surface area is 84.9 Å². The lowest BCUT2D eigenvalue weighted by atomic mass is 10.3. The molecule has 0 aromatic heterocycles. The van der Waals surface area contributed by atoms with Crippen molar-refractivity contribution >= 4 is 21.6 Å². The molecule has 1 atom stereocenters. The molecule has 0 bridgehead atoms. The van der Waals surface area contributed by atoms with Crippen molar-refractivity contribution in [2.24, 2.45) is 0 Å². The molecule has 72 valence electrons. The molecular weight excluding hydrogens is 237 g/mol. The van der Waals surface area contributed by atoms with Gasteiger partial charge in [0, 0.05) is 12.2 Å². The average Bonchev–Trinajstić information content (AvgIpc) is 2.07. The fourth-order valence-corrected chi connectivity index (χ4v) is 1.25. The lowest BCUT2D eigenvalue weighted by molar-refractivity contribution is 0.208. The second-order valence-corrected chi connectivity index (χ2v) is 3.71. The van der Waals surface area contributed by atoms with E-state index in [1.54, 1.807) is 19.1 Å². The Balaban J connectivity index is 2.63. The minimum absolute atomic E-state index is 0.289. The van der Waals surface area contributed by atoms with Gasteiger partial charge in [-0.2, -0.15) is 0 Å². The van der Waals surface area contributed by atoms with Crippen LogP contribution in [0, 0.1) is 5.82 Å². The maximum atomic E-state index is 12.8. The summed E-state index contributed by atoms with van der Waals surface area (Å²) < 4.78 is 13.2. The van der Waals surface area contributed by atoms with Crippen LogP contribution in [0.4, 0.5) is 10.1 Å². The summed E-state index contributed by atoms with van der Waals surface area (Å²) in [6.07, 6.45) is -0.413. The van der Waals surface area contributed by atoms with Gasteiger partial charge in [-0.3, -0.25) is 0 Å². The predicted octanol–water partition coefficient (Wildman–Crippen LogP) is 2.38. The number of hydrogen-bond donors (Lipinski definition) is 2. The van der Waals surface area contributed by atoms with Crippen molar-refractivity contribution in [2.75, 3.05) is 11.9 Å². The van der Waals surface area contributed by atoms with Crippen molar-refractivity contribution in [3.8, 4) is 0 Å². The molecule has 0 saturated heterocycles. The quantitative estimate of drug-likeness (QED) is 0.860. The second-order valence-electron chi connectivity index (χ2n) is 2.86. The summed E-state index contributed by atoms with van der Waals surface area (Å²) in [6.45, 7) is 2.14. The number of halogens is 2. The topological polar surface area (TPSA) is 32.3 Å². The van der Waals surface area contributed by atoms with Crippen molar-refractivity contribution < 1.29 is 9.50 Å². The average molecular weight is 248 g/mol. The molecule has 4 heteroatoms. The Morgan fingerprint density at radius 3 is 2.85 bits per heavy atom. The third kappa shape index (κ3) is 3.32. The summed E-state index contributed by atoms with van der Waals surface area (Å²) in [5.74, 6) is -0.289. The molecule has 1 aromatic rings. The summed E-state index contributed by atoms with van der Waals surface area (Å²) in [6, 6.07) is 4.63. The van der Waals surface area contributed by atoms with E-state index in [4.69, 9.17) is 5.11 Å². The molecule has 1 aromatic carbocycles. The minimum atomic E-state index is -0.413. The zero-order valence-corrected chi connectivity index (χ0v) is 8.81. The van der Waals surface area contributed by atoms with E-state index in [-0.39, 0.29) is 5.82 Å². The molecular formula is C9H11BrFNO. The number of rotatable bonds is 3. The highest BCUT2D eigenvalue weighted by molar-refractivity contribution is 9.10. The Bertz CT molecular complexity index is 291. The van der Waals surface area contributed by atoms with E-state index in [0.29, 0.717) is 11.0 Å². The van der Waals surface area contributed by atoms with E-state index in [0.717, 1.165) is 5.69 Å². The molecule has 0 heterocycles. The maximum absolute atomic E-state index is 12.8. The monoisotopic (exact) mass is 247 g/mol. The molecule has 0 saturated carbocycles. The molecule has 0 spiro atoms. The van der Waals surface area contributed by atoms with Gasteiger partial charge in [-0.15, -0.1) is 0 Å². The zero-order valence-electron chi connectivity index (χ0n) is 7.22. The highest BCUT2D eigenvalue weighted by atomic mass is 79.9. The van der Waals surface area contributed by atoms with Gasteiger partial charge in [0.25, 0.3) is 0 Å². The van der Waals surface area contributed by atoms with E-state index >= 15 is 0 Å². The summed E-state index contributed by atoms with van der Waals surface area (Å²) in [7, 11) is 0. The van der Waals surface area contributed by atoms with Crippen LogP contribution >= 0.6 is 15.9 Å². The summed E-state index contributed by atoms with van der Waals surface area (Å²) in [5.41, 5.74) is 0.786. The van der Waals surface area contributed by atoms with E-state index in [1.807, 2.05) is 0 Å². The van der Waals surface area contributed by atoms with Crippen LogP contribution in [0.5, 0.6) is 0 Å². The van der Waals surface area contributed by atoms with Crippen LogP contribution in [0.1, 0.15) is 6.92 Å². The number of benzene rings is 1. The fraction of sp³-hybridized carbons (Fsp3) is 0.333. The Morgan fingerprint density at radius 1 is 1.62 bits per heavy atom. The third-order valence-corrected chi connectivity index (χ3v) is 2.13. The Morgan fingerprint density at radius 2 is 2.31 bits per heavy atom. The third-order valence-electron chi connectivity index (χ3n) is 1.52. The van der Waals surface area contributed by atoms with Crippen LogP contribution in [0.2, 0.25) is 0 Å². The summed E-state index contributed by atoms with van der Waals surface area (Å²) >= 11 is 3.08. The zero-order chi connectivity index (χ0) is 9.84. The highest BCUT2D eigenvalue weighted by Crippen LogP contribution is 2.19. The Hall–Kier alpha value is -0.610. The van der Waals surface area contributed by atoms with Crippen molar-refractivity contribution in [3.63, 3.8) is 0 Å². The first-order valence-corrected chi connectivity index (χ1v) is 4.76. The number of anilines is 1. The fourth-order valence-electron chi connectivity index (χ4n) is 0.872. The van der Waals surface area contributed by atoms with Gasteiger partial charge in [-0.1, -0.05) is 0 Å². The van der Waals surface area contributed by atoms with E-state index in [2.05, 4.69) is 21.2 Å². The molecule has 1 unspecified atom stereocenters. The summed E-state index contributed by atoms with van der Waals surface area (Å²) in [4.78, 5) is 0. The first kappa shape index (κ1) is 10.5. The molecule has 0 fully saturated rings. The van der Waals surface area contributed by atoms with Gasteiger partial charge in [0.2, 0.25) is 0 Å². The number of nitrogens with one attached hydrogen (secondary N) is 1. The van der Waals surface area contributed by atoms with Crippen molar-refractivity contribution in [1.82, 2.24) is 0 Å². The van der Waals surface area contributed by atoms with Gasteiger partial charge in [-0.25, -0.2) is 4.39 Å². The van der Waals surface area contributed by atoms with Crippen LogP contribution in [-0.4, -0.2) is 17.8 Å². The second kappa shape index (κ2) is 4.58. The van der Waals surface area contributed by atoms with Crippen LogP contribution < -0.4 is 5.32 Å². The molecule has 1 rings (SSSR count). The van der Waals surface area contributed by atoms with Crippen molar-refractivity contribution in [1.29, 1.82) is 0 Å². The van der Waals surface area contributed by atoms with E-state index in [9.17, 15) is 4.39 Å². The first-order chi connectivity index (χ1) is 6.09. The van der Waals surface area contributed by atoms with Crippen LogP contribution in [0.15, 0.2) is 22.7 Å². The standard InChI is InChI=1S/C9H11BrFNO/c1-6(13)5-12-7-2-3-9(11)8(10)4-7/h2-4,6,12-13H,5H2,1H3. The van der Waals surface area contributed by atoms with Gasteiger partial charge in [-0.05, 0) is 41.1 Å². The van der Waals surface area contributed by atoms with Gasteiger partial charge in [0.15, 0.2) is 0 Å². The maximum Gasteiger partial charge on any atom is 0.137 e. The first-order valence-electron chi connectivity index (χ1n) is 3.96. The van der Waals surface area contributed by atoms with E-state index in [1.165, 1.54) is 6.07 Å². The van der Waals surface area contributed by atoms with Crippen LogP contribution in [-0.2, 0) is 0 Å². The molecule has 0 radical (unpaired) electrons.